The number of alkyl halides is 3. The van der Waals surface area contributed by atoms with Crippen molar-refractivity contribution in [1.29, 1.82) is 0 Å². The van der Waals surface area contributed by atoms with E-state index >= 15 is 0 Å². The van der Waals surface area contributed by atoms with Crippen LogP contribution in [0.1, 0.15) is 30.8 Å². The highest BCUT2D eigenvalue weighted by Crippen LogP contribution is 2.31. The normalized spacial score (nSPS) is 12.1. The van der Waals surface area contributed by atoms with Crippen LogP contribution in [0.2, 0.25) is 5.02 Å². The van der Waals surface area contributed by atoms with Crippen molar-refractivity contribution in [2.45, 2.75) is 32.7 Å². The maximum absolute atomic E-state index is 12.7. The van der Waals surface area contributed by atoms with Gasteiger partial charge in [0.25, 0.3) is 0 Å². The molecule has 6 nitrogen and oxygen atoms in total. The van der Waals surface area contributed by atoms with Crippen LogP contribution in [0.3, 0.4) is 0 Å². The van der Waals surface area contributed by atoms with Crippen molar-refractivity contribution < 1.29 is 27.8 Å². The van der Waals surface area contributed by atoms with Gasteiger partial charge in [-0.1, -0.05) is 11.6 Å². The van der Waals surface area contributed by atoms with E-state index in [-0.39, 0.29) is 29.2 Å². The first-order valence-corrected chi connectivity index (χ1v) is 7.81. The topological polar surface area (TPSA) is 77.2 Å². The van der Waals surface area contributed by atoms with Gasteiger partial charge in [0, 0.05) is 18.3 Å². The summed E-state index contributed by atoms with van der Waals surface area (Å²) in [5.74, 6) is -0.914. The summed E-state index contributed by atoms with van der Waals surface area (Å²) in [6, 6.07) is 2.29. The molecular weight excluding hydrogens is 375 g/mol. The first-order valence-electron chi connectivity index (χ1n) is 7.43. The van der Waals surface area contributed by atoms with Crippen molar-refractivity contribution in [2.75, 3.05) is 0 Å². The number of carbonyl (C=O) groups is 1. The molecule has 0 aliphatic carbocycles. The molecule has 2 aromatic heterocycles. The fraction of sp³-hybridized carbons (Fsp3) is 0.312. The van der Waals surface area contributed by atoms with Crippen LogP contribution in [-0.4, -0.2) is 31.9 Å². The van der Waals surface area contributed by atoms with Gasteiger partial charge in [-0.05, 0) is 26.0 Å². The van der Waals surface area contributed by atoms with Crippen molar-refractivity contribution in [3.05, 3.63) is 46.4 Å². The Labute approximate surface area is 151 Å². The van der Waals surface area contributed by atoms with Gasteiger partial charge in [-0.3, -0.25) is 9.67 Å². The number of halogens is 4. The number of aromatic nitrogens is 3. The quantitative estimate of drug-likeness (QED) is 0.758. The van der Waals surface area contributed by atoms with Crippen molar-refractivity contribution in [3.63, 3.8) is 0 Å². The molecule has 0 radical (unpaired) electrons. The lowest BCUT2D eigenvalue weighted by atomic mass is 10.2. The van der Waals surface area contributed by atoms with Crippen molar-refractivity contribution >= 4 is 23.6 Å². The lowest BCUT2D eigenvalue weighted by Gasteiger charge is -2.10. The minimum absolute atomic E-state index is 0.0578. The summed E-state index contributed by atoms with van der Waals surface area (Å²) in [4.78, 5) is 14.5. The molecule has 0 spiro atoms. The van der Waals surface area contributed by atoms with E-state index in [4.69, 9.17) is 21.4 Å². The molecule has 0 aromatic carbocycles. The van der Waals surface area contributed by atoms with E-state index in [2.05, 4.69) is 10.1 Å². The maximum Gasteiger partial charge on any atom is 0.417 e. The van der Waals surface area contributed by atoms with Crippen LogP contribution in [0.5, 0.6) is 5.88 Å². The average Bonchev–Trinajstić information content (AvgIpc) is 2.87. The number of hydrogen-bond donors (Lipinski definition) is 1. The largest absolute Gasteiger partial charge is 0.478 e. The monoisotopic (exact) mass is 389 g/mol. The zero-order chi connectivity index (χ0) is 19.5. The third kappa shape index (κ3) is 5.22. The van der Waals surface area contributed by atoms with Gasteiger partial charge >= 0.3 is 12.1 Å². The highest BCUT2D eigenvalue weighted by atomic mass is 35.5. The van der Waals surface area contributed by atoms with Crippen LogP contribution in [0.25, 0.3) is 6.08 Å². The Morgan fingerprint density at radius 1 is 1.42 bits per heavy atom. The molecule has 0 aliphatic rings. The highest BCUT2D eigenvalue weighted by molar-refractivity contribution is 6.31. The smallest absolute Gasteiger partial charge is 0.417 e. The molecule has 140 valence electrons. The molecule has 0 saturated heterocycles. The van der Waals surface area contributed by atoms with E-state index in [1.807, 2.05) is 0 Å². The number of hydrogen-bond acceptors (Lipinski definition) is 4. The van der Waals surface area contributed by atoms with Crippen LogP contribution in [0, 0.1) is 0 Å². The second-order valence-electron chi connectivity index (χ2n) is 5.55. The van der Waals surface area contributed by atoms with Crippen LogP contribution in [0.4, 0.5) is 13.2 Å². The van der Waals surface area contributed by atoms with Crippen LogP contribution >= 0.6 is 11.6 Å². The van der Waals surface area contributed by atoms with Gasteiger partial charge in [-0.25, -0.2) is 4.79 Å². The molecule has 1 N–H and O–H groups in total. The molecule has 0 unspecified atom stereocenters. The summed E-state index contributed by atoms with van der Waals surface area (Å²) in [5.41, 5.74) is -0.425. The molecule has 0 atom stereocenters. The van der Waals surface area contributed by atoms with Gasteiger partial charge in [0.1, 0.15) is 0 Å². The van der Waals surface area contributed by atoms with E-state index in [9.17, 15) is 18.0 Å². The molecule has 0 bridgehead atoms. The second kappa shape index (κ2) is 7.77. The van der Waals surface area contributed by atoms with E-state index in [1.54, 1.807) is 13.8 Å². The lowest BCUT2D eigenvalue weighted by Crippen LogP contribution is -2.11. The van der Waals surface area contributed by atoms with Gasteiger partial charge in [-0.2, -0.15) is 13.2 Å². The van der Waals surface area contributed by atoms with E-state index < -0.39 is 17.7 Å². The summed E-state index contributed by atoms with van der Waals surface area (Å²) in [6.07, 6.45) is -1.82. The molecule has 10 heteroatoms. The number of ether oxygens (including phenoxy) is 1. The molecule has 0 amide bonds. The summed E-state index contributed by atoms with van der Waals surface area (Å²) in [6.45, 7) is 3.53. The number of aliphatic carboxylic acids is 1. The standard InChI is InChI=1S/C16H15ClF3N3O3/c1-9(2)26-14-6-11(3-4-15(24)25)23(22-14)8-13-12(17)5-10(7-21-13)16(18,19)20/h3-7,9H,8H2,1-2H3,(H,24,25)/b4-3+. The molecule has 0 fully saturated rings. The molecule has 0 aliphatic heterocycles. The first kappa shape index (κ1) is 19.8. The predicted octanol–water partition coefficient (Wildman–Crippen LogP) is 3.88. The lowest BCUT2D eigenvalue weighted by molar-refractivity contribution is -0.138. The fourth-order valence-corrected chi connectivity index (χ4v) is 2.23. The predicted molar refractivity (Wildman–Crippen MR) is 88.0 cm³/mol. The van der Waals surface area contributed by atoms with Gasteiger partial charge < -0.3 is 9.84 Å². The molecule has 2 rings (SSSR count). The summed E-state index contributed by atoms with van der Waals surface area (Å²) in [7, 11) is 0. The Bertz CT molecular complexity index is 832. The zero-order valence-electron chi connectivity index (χ0n) is 13.8. The summed E-state index contributed by atoms with van der Waals surface area (Å²) in [5, 5.41) is 12.8. The van der Waals surface area contributed by atoms with Crippen LogP contribution < -0.4 is 4.74 Å². The van der Waals surface area contributed by atoms with Crippen LogP contribution in [-0.2, 0) is 17.5 Å². The minimum atomic E-state index is -4.55. The Balaban J connectivity index is 2.35. The van der Waals surface area contributed by atoms with E-state index in [0.29, 0.717) is 11.9 Å². The summed E-state index contributed by atoms with van der Waals surface area (Å²) >= 11 is 5.91. The average molecular weight is 390 g/mol. The molecule has 0 saturated carbocycles. The van der Waals surface area contributed by atoms with E-state index in [0.717, 1.165) is 12.1 Å². The van der Waals surface area contributed by atoms with Gasteiger partial charge in [-0.15, -0.1) is 5.10 Å². The molecular formula is C16H15ClF3N3O3. The van der Waals surface area contributed by atoms with Gasteiger partial charge in [0.05, 0.1) is 34.6 Å². The highest BCUT2D eigenvalue weighted by Gasteiger charge is 2.31. The van der Waals surface area contributed by atoms with Gasteiger partial charge in [0.2, 0.25) is 5.88 Å². The Hall–Kier alpha value is -2.55. The Morgan fingerprint density at radius 3 is 2.65 bits per heavy atom. The number of pyridine rings is 1. The zero-order valence-corrected chi connectivity index (χ0v) is 14.5. The number of nitrogens with zero attached hydrogens (tertiary/aromatic N) is 3. The Morgan fingerprint density at radius 2 is 2.12 bits per heavy atom. The van der Waals surface area contributed by atoms with Crippen molar-refractivity contribution in [2.24, 2.45) is 0 Å². The molecule has 2 aromatic rings. The third-order valence-electron chi connectivity index (χ3n) is 3.09. The fourth-order valence-electron chi connectivity index (χ4n) is 2.00. The van der Waals surface area contributed by atoms with Gasteiger partial charge in [0.15, 0.2) is 0 Å². The minimum Gasteiger partial charge on any atom is -0.478 e. The Kier molecular flexibility index (Phi) is 5.91. The van der Waals surface area contributed by atoms with E-state index in [1.165, 1.54) is 16.8 Å². The molecule has 2 heterocycles. The van der Waals surface area contributed by atoms with Crippen LogP contribution in [0.15, 0.2) is 24.4 Å². The number of carboxylic acids is 1. The number of carboxylic acid groups (broad SMARTS) is 1. The summed E-state index contributed by atoms with van der Waals surface area (Å²) < 4.78 is 44.9. The third-order valence-corrected chi connectivity index (χ3v) is 3.41. The first-order chi connectivity index (χ1) is 12.1. The molecule has 26 heavy (non-hydrogen) atoms. The number of rotatable bonds is 6. The van der Waals surface area contributed by atoms with Crippen molar-refractivity contribution in [3.8, 4) is 5.88 Å². The maximum atomic E-state index is 12.7. The SMILES string of the molecule is CC(C)Oc1cc(/C=C/C(=O)O)n(Cc2ncc(C(F)(F)F)cc2Cl)n1. The van der Waals surface area contributed by atoms with Crippen molar-refractivity contribution in [1.82, 2.24) is 14.8 Å². The second-order valence-corrected chi connectivity index (χ2v) is 5.96.